The van der Waals surface area contributed by atoms with Crippen molar-refractivity contribution in [1.29, 1.82) is 0 Å². The number of hydrogen-bond acceptors (Lipinski definition) is 3. The highest BCUT2D eigenvalue weighted by Crippen LogP contribution is 2.26. The Bertz CT molecular complexity index is 370. The van der Waals surface area contributed by atoms with Crippen molar-refractivity contribution in [3.05, 3.63) is 33.6 Å². The Hall–Kier alpha value is -1.36. The molecule has 76 valence electrons. The van der Waals surface area contributed by atoms with Crippen LogP contribution in [0.25, 0.3) is 0 Å². The maximum absolute atomic E-state index is 13.1. The Labute approximate surface area is 84.4 Å². The fraction of sp³-hybridized carbons (Fsp3) is 0.250. The van der Waals surface area contributed by atoms with E-state index < -0.39 is 10.7 Å². The summed E-state index contributed by atoms with van der Waals surface area (Å²) in [6.07, 6.45) is 0. The van der Waals surface area contributed by atoms with Gasteiger partial charge in [-0.25, -0.2) is 4.39 Å². The van der Waals surface area contributed by atoms with Gasteiger partial charge in [0, 0.05) is 5.56 Å². The molecule has 0 aliphatic rings. The minimum Gasteiger partial charge on any atom is -0.475 e. The third-order valence-corrected chi connectivity index (χ3v) is 1.77. The van der Waals surface area contributed by atoms with Gasteiger partial charge in [0.25, 0.3) is 5.69 Å². The molecule has 6 heteroatoms. The number of nitro groups is 1. The molecule has 0 N–H and O–H groups in total. The van der Waals surface area contributed by atoms with Crippen molar-refractivity contribution >= 4 is 17.3 Å². The standard InChI is InChI=1S/C8H7ClFNO3/c1-5-2-8(14-4-9)6(10)3-7(5)11(12)13/h2-3H,4H2,1H3. The van der Waals surface area contributed by atoms with E-state index in [0.29, 0.717) is 5.56 Å². The number of ether oxygens (including phenoxy) is 1. The van der Waals surface area contributed by atoms with Crippen LogP contribution in [0.2, 0.25) is 0 Å². The average molecular weight is 220 g/mol. The zero-order valence-electron chi connectivity index (χ0n) is 7.29. The second-order valence-electron chi connectivity index (χ2n) is 2.58. The van der Waals surface area contributed by atoms with E-state index in [2.05, 4.69) is 0 Å². The highest BCUT2D eigenvalue weighted by molar-refractivity contribution is 6.17. The number of hydrogen-bond donors (Lipinski definition) is 0. The van der Waals surface area contributed by atoms with E-state index in [1.165, 1.54) is 13.0 Å². The predicted octanol–water partition coefficient (Wildman–Crippen LogP) is 2.62. The van der Waals surface area contributed by atoms with Gasteiger partial charge in [-0.15, -0.1) is 0 Å². The lowest BCUT2D eigenvalue weighted by atomic mass is 10.2. The summed E-state index contributed by atoms with van der Waals surface area (Å²) >= 11 is 5.24. The lowest BCUT2D eigenvalue weighted by molar-refractivity contribution is -0.385. The average Bonchev–Trinajstić information content (AvgIpc) is 2.10. The molecule has 0 fully saturated rings. The van der Waals surface area contributed by atoms with Crippen LogP contribution in [-0.4, -0.2) is 11.0 Å². The Kier molecular flexibility index (Phi) is 3.24. The van der Waals surface area contributed by atoms with Gasteiger partial charge < -0.3 is 4.74 Å². The van der Waals surface area contributed by atoms with Crippen LogP contribution in [0, 0.1) is 22.9 Å². The number of aryl methyl sites for hydroxylation is 1. The maximum Gasteiger partial charge on any atom is 0.275 e. The molecule has 0 saturated heterocycles. The smallest absolute Gasteiger partial charge is 0.275 e. The first-order chi connectivity index (χ1) is 6.56. The summed E-state index contributed by atoms with van der Waals surface area (Å²) < 4.78 is 17.8. The third-order valence-electron chi connectivity index (χ3n) is 1.66. The van der Waals surface area contributed by atoms with Crippen molar-refractivity contribution < 1.29 is 14.1 Å². The molecule has 0 aromatic heterocycles. The van der Waals surface area contributed by atoms with E-state index in [9.17, 15) is 14.5 Å². The molecule has 1 aromatic carbocycles. The Morgan fingerprint density at radius 3 is 2.79 bits per heavy atom. The summed E-state index contributed by atoms with van der Waals surface area (Å²) in [6, 6.07) is 1.86. The monoisotopic (exact) mass is 219 g/mol. The topological polar surface area (TPSA) is 52.4 Å². The van der Waals surface area contributed by atoms with E-state index in [1.807, 2.05) is 0 Å². The maximum atomic E-state index is 13.1. The largest absolute Gasteiger partial charge is 0.475 e. The van der Waals surface area contributed by atoms with Gasteiger partial charge in [0.05, 0.1) is 11.0 Å². The zero-order chi connectivity index (χ0) is 10.7. The lowest BCUT2D eigenvalue weighted by Crippen LogP contribution is -1.97. The van der Waals surface area contributed by atoms with Crippen LogP contribution in [0.5, 0.6) is 5.75 Å². The molecule has 0 amide bonds. The molecule has 0 spiro atoms. The first-order valence-electron chi connectivity index (χ1n) is 3.69. The van der Waals surface area contributed by atoms with E-state index in [1.54, 1.807) is 0 Å². The highest BCUT2D eigenvalue weighted by atomic mass is 35.5. The summed E-state index contributed by atoms with van der Waals surface area (Å²) in [4.78, 5) is 9.77. The van der Waals surface area contributed by atoms with Crippen LogP contribution in [0.15, 0.2) is 12.1 Å². The number of nitrogens with zero attached hydrogens (tertiary/aromatic N) is 1. The van der Waals surface area contributed by atoms with Crippen LogP contribution < -0.4 is 4.74 Å². The minimum atomic E-state index is -0.789. The molecule has 4 nitrogen and oxygen atoms in total. The Morgan fingerprint density at radius 1 is 1.64 bits per heavy atom. The Balaban J connectivity index is 3.17. The van der Waals surface area contributed by atoms with Gasteiger partial charge in [-0.3, -0.25) is 10.1 Å². The summed E-state index contributed by atoms with van der Waals surface area (Å²) in [5, 5.41) is 10.4. The van der Waals surface area contributed by atoms with E-state index in [0.717, 1.165) is 6.07 Å². The number of alkyl halides is 1. The van der Waals surface area contributed by atoms with Crippen LogP contribution in [-0.2, 0) is 0 Å². The molecule has 1 aromatic rings. The zero-order valence-corrected chi connectivity index (χ0v) is 8.05. The minimum absolute atomic E-state index is 0.0805. The van der Waals surface area contributed by atoms with E-state index in [4.69, 9.17) is 16.3 Å². The molecule has 0 aliphatic carbocycles. The molecule has 0 saturated carbocycles. The van der Waals surface area contributed by atoms with Crippen molar-refractivity contribution in [1.82, 2.24) is 0 Å². The van der Waals surface area contributed by atoms with Crippen LogP contribution in [0.3, 0.4) is 0 Å². The molecule has 0 bridgehead atoms. The molecule has 0 atom stereocenters. The predicted molar refractivity (Wildman–Crippen MR) is 49.1 cm³/mol. The SMILES string of the molecule is Cc1cc(OCCl)c(F)cc1[N+](=O)[O-]. The molecule has 14 heavy (non-hydrogen) atoms. The lowest BCUT2D eigenvalue weighted by Gasteiger charge is -2.04. The quantitative estimate of drug-likeness (QED) is 0.446. The Morgan fingerprint density at radius 2 is 2.29 bits per heavy atom. The summed E-state index contributed by atoms with van der Waals surface area (Å²) in [6.45, 7) is 1.50. The van der Waals surface area contributed by atoms with Gasteiger partial charge in [0.15, 0.2) is 17.6 Å². The van der Waals surface area contributed by atoms with Gasteiger partial charge in [-0.05, 0) is 13.0 Å². The van der Waals surface area contributed by atoms with Gasteiger partial charge >= 0.3 is 0 Å². The first kappa shape index (κ1) is 10.7. The molecular weight excluding hydrogens is 213 g/mol. The summed E-state index contributed by atoms with van der Waals surface area (Å²) in [5.74, 6) is -0.869. The summed E-state index contributed by atoms with van der Waals surface area (Å²) in [5.41, 5.74) is 0.0564. The van der Waals surface area contributed by atoms with Crippen molar-refractivity contribution in [3.63, 3.8) is 0 Å². The van der Waals surface area contributed by atoms with Crippen LogP contribution >= 0.6 is 11.6 Å². The number of halogens is 2. The second kappa shape index (κ2) is 4.23. The second-order valence-corrected chi connectivity index (χ2v) is 2.80. The van der Waals surface area contributed by atoms with E-state index >= 15 is 0 Å². The summed E-state index contributed by atoms with van der Waals surface area (Å²) in [7, 11) is 0. The number of rotatable bonds is 3. The highest BCUT2D eigenvalue weighted by Gasteiger charge is 2.15. The molecule has 0 unspecified atom stereocenters. The molecule has 0 heterocycles. The molecule has 0 radical (unpaired) electrons. The van der Waals surface area contributed by atoms with E-state index in [-0.39, 0.29) is 17.5 Å². The first-order valence-corrected chi connectivity index (χ1v) is 4.23. The fourth-order valence-corrected chi connectivity index (χ4v) is 1.13. The number of nitro benzene ring substituents is 1. The normalized spacial score (nSPS) is 9.93. The third kappa shape index (κ3) is 2.11. The van der Waals surface area contributed by atoms with Crippen molar-refractivity contribution in [2.75, 3.05) is 6.07 Å². The van der Waals surface area contributed by atoms with Gasteiger partial charge in [0.1, 0.15) is 0 Å². The molecule has 0 aliphatic heterocycles. The van der Waals surface area contributed by atoms with Crippen molar-refractivity contribution in [3.8, 4) is 5.75 Å². The molecular formula is C8H7ClFNO3. The number of benzene rings is 1. The van der Waals surface area contributed by atoms with Crippen molar-refractivity contribution in [2.45, 2.75) is 6.92 Å². The molecule has 1 rings (SSSR count). The van der Waals surface area contributed by atoms with Gasteiger partial charge in [-0.2, -0.15) is 0 Å². The fourth-order valence-electron chi connectivity index (χ4n) is 1.01. The van der Waals surface area contributed by atoms with Gasteiger partial charge in [-0.1, -0.05) is 11.6 Å². The van der Waals surface area contributed by atoms with Crippen LogP contribution in [0.4, 0.5) is 10.1 Å². The van der Waals surface area contributed by atoms with Crippen LogP contribution in [0.1, 0.15) is 5.56 Å². The van der Waals surface area contributed by atoms with Crippen molar-refractivity contribution in [2.24, 2.45) is 0 Å². The van der Waals surface area contributed by atoms with Gasteiger partial charge in [0.2, 0.25) is 0 Å².